The minimum atomic E-state index is -1.24. The summed E-state index contributed by atoms with van der Waals surface area (Å²) in [6.07, 6.45) is -2.36. The van der Waals surface area contributed by atoms with E-state index in [1.807, 2.05) is 0 Å². The van der Waals surface area contributed by atoms with Crippen molar-refractivity contribution in [2.45, 2.75) is 44.4 Å². The van der Waals surface area contributed by atoms with E-state index in [1.165, 1.54) is 6.92 Å². The third-order valence-corrected chi connectivity index (χ3v) is 2.04. The number of hydrogen-bond acceptors (Lipinski definition) is 4. The van der Waals surface area contributed by atoms with Crippen LogP contribution in [-0.2, 0) is 4.74 Å². The normalized spacial score (nSPS) is 52.6. The molecule has 0 aromatic heterocycles. The molecule has 0 aromatic carbocycles. The van der Waals surface area contributed by atoms with Crippen LogP contribution in [0, 0.1) is 0 Å². The van der Waals surface area contributed by atoms with Crippen molar-refractivity contribution in [1.29, 1.82) is 0 Å². The zero-order valence-electron chi connectivity index (χ0n) is 6.69. The molecule has 11 heavy (non-hydrogen) atoms. The average molecular weight is 162 g/mol. The molecule has 1 unspecified atom stereocenters. The van der Waals surface area contributed by atoms with Crippen LogP contribution in [0.2, 0.25) is 0 Å². The Morgan fingerprint density at radius 1 is 1.45 bits per heavy atom. The fourth-order valence-electron chi connectivity index (χ4n) is 1.35. The van der Waals surface area contributed by atoms with Crippen LogP contribution in [0.15, 0.2) is 0 Å². The molecular formula is C7H14O4. The summed E-state index contributed by atoms with van der Waals surface area (Å²) in [5.74, 6) is 0. The summed E-state index contributed by atoms with van der Waals surface area (Å²) in [5.41, 5.74) is -1.24. The van der Waals surface area contributed by atoms with Gasteiger partial charge in [0.05, 0.1) is 11.7 Å². The lowest BCUT2D eigenvalue weighted by Crippen LogP contribution is -2.54. The van der Waals surface area contributed by atoms with Gasteiger partial charge in [0.2, 0.25) is 0 Å². The maximum absolute atomic E-state index is 9.49. The Hall–Kier alpha value is -0.160. The monoisotopic (exact) mass is 162 g/mol. The van der Waals surface area contributed by atoms with E-state index in [-0.39, 0.29) is 6.42 Å². The zero-order chi connectivity index (χ0) is 8.65. The molecule has 0 saturated carbocycles. The number of rotatable bonds is 0. The second-order valence-electron chi connectivity index (χ2n) is 3.30. The van der Waals surface area contributed by atoms with Crippen molar-refractivity contribution in [3.63, 3.8) is 0 Å². The van der Waals surface area contributed by atoms with Gasteiger partial charge in [-0.1, -0.05) is 0 Å². The summed E-state index contributed by atoms with van der Waals surface area (Å²) in [7, 11) is 0. The Morgan fingerprint density at radius 2 is 2.00 bits per heavy atom. The maximum Gasteiger partial charge on any atom is 0.157 e. The summed E-state index contributed by atoms with van der Waals surface area (Å²) in [6.45, 7) is 3.10. The van der Waals surface area contributed by atoms with Crippen LogP contribution in [0.4, 0.5) is 0 Å². The number of ether oxygens (including phenoxy) is 1. The van der Waals surface area contributed by atoms with Gasteiger partial charge < -0.3 is 20.1 Å². The Kier molecular flexibility index (Phi) is 2.20. The minimum Gasteiger partial charge on any atom is -0.387 e. The quantitative estimate of drug-likeness (QED) is 0.437. The zero-order valence-corrected chi connectivity index (χ0v) is 6.69. The maximum atomic E-state index is 9.49. The van der Waals surface area contributed by atoms with E-state index >= 15 is 0 Å². The molecule has 0 aromatic rings. The standard InChI is InChI=1S/C7H14O4/c1-4-6(9)7(2,10)3-5(8)11-4/h4-6,8-10H,3H2,1-2H3/t4-,5?,6+,7-/m1/s1. The number of hydrogen-bond donors (Lipinski definition) is 3. The number of aliphatic hydroxyl groups excluding tert-OH is 2. The average Bonchev–Trinajstić information content (AvgIpc) is 1.81. The van der Waals surface area contributed by atoms with Gasteiger partial charge in [-0.25, -0.2) is 0 Å². The van der Waals surface area contributed by atoms with E-state index in [4.69, 9.17) is 9.84 Å². The van der Waals surface area contributed by atoms with Gasteiger partial charge in [0, 0.05) is 6.42 Å². The van der Waals surface area contributed by atoms with Crippen LogP contribution >= 0.6 is 0 Å². The molecule has 66 valence electrons. The van der Waals surface area contributed by atoms with E-state index in [0.29, 0.717) is 0 Å². The first kappa shape index (κ1) is 8.93. The second kappa shape index (κ2) is 2.71. The molecule has 4 atom stereocenters. The SMILES string of the molecule is C[C@H]1OC(O)C[C@@](C)(O)[C@H]1O. The molecule has 0 amide bonds. The fraction of sp³-hybridized carbons (Fsp3) is 1.00. The molecule has 1 saturated heterocycles. The molecule has 4 heteroatoms. The van der Waals surface area contributed by atoms with Gasteiger partial charge in [-0.3, -0.25) is 0 Å². The van der Waals surface area contributed by atoms with Gasteiger partial charge in [-0.05, 0) is 13.8 Å². The van der Waals surface area contributed by atoms with Crippen molar-refractivity contribution in [1.82, 2.24) is 0 Å². The summed E-state index contributed by atoms with van der Waals surface area (Å²) in [6, 6.07) is 0. The molecule has 0 radical (unpaired) electrons. The number of aliphatic hydroxyl groups is 3. The molecule has 0 bridgehead atoms. The predicted octanol–water partition coefficient (Wildman–Crippen LogP) is -0.775. The molecule has 1 aliphatic rings. The first-order chi connectivity index (χ1) is 4.93. The Morgan fingerprint density at radius 3 is 2.45 bits per heavy atom. The highest BCUT2D eigenvalue weighted by Gasteiger charge is 2.42. The smallest absolute Gasteiger partial charge is 0.157 e. The molecule has 1 rings (SSSR count). The third kappa shape index (κ3) is 1.70. The van der Waals surface area contributed by atoms with Crippen LogP contribution in [0.1, 0.15) is 20.3 Å². The van der Waals surface area contributed by atoms with Gasteiger partial charge in [0.1, 0.15) is 6.10 Å². The van der Waals surface area contributed by atoms with Crippen molar-refractivity contribution >= 4 is 0 Å². The molecule has 3 N–H and O–H groups in total. The fourth-order valence-corrected chi connectivity index (χ4v) is 1.35. The van der Waals surface area contributed by atoms with E-state index < -0.39 is 24.1 Å². The second-order valence-corrected chi connectivity index (χ2v) is 3.30. The van der Waals surface area contributed by atoms with Gasteiger partial charge >= 0.3 is 0 Å². The summed E-state index contributed by atoms with van der Waals surface area (Å²) in [5, 5.41) is 27.9. The minimum absolute atomic E-state index is 0.0541. The molecule has 1 aliphatic heterocycles. The van der Waals surface area contributed by atoms with Crippen LogP contribution in [0.25, 0.3) is 0 Å². The first-order valence-electron chi connectivity index (χ1n) is 3.67. The highest BCUT2D eigenvalue weighted by atomic mass is 16.6. The Labute approximate surface area is 65.4 Å². The van der Waals surface area contributed by atoms with Crippen LogP contribution in [-0.4, -0.2) is 39.4 Å². The lowest BCUT2D eigenvalue weighted by molar-refractivity contribution is -0.256. The summed E-state index contributed by atoms with van der Waals surface area (Å²) < 4.78 is 4.88. The highest BCUT2D eigenvalue weighted by Crippen LogP contribution is 2.27. The Balaban J connectivity index is 2.67. The van der Waals surface area contributed by atoms with E-state index in [1.54, 1.807) is 6.92 Å². The van der Waals surface area contributed by atoms with Gasteiger partial charge in [-0.15, -0.1) is 0 Å². The lowest BCUT2D eigenvalue weighted by Gasteiger charge is -2.40. The molecule has 1 fully saturated rings. The van der Waals surface area contributed by atoms with Crippen LogP contribution < -0.4 is 0 Å². The van der Waals surface area contributed by atoms with Crippen molar-refractivity contribution in [3.8, 4) is 0 Å². The Bertz CT molecular complexity index is 145. The van der Waals surface area contributed by atoms with Crippen molar-refractivity contribution < 1.29 is 20.1 Å². The summed E-state index contributed by atoms with van der Waals surface area (Å²) >= 11 is 0. The first-order valence-corrected chi connectivity index (χ1v) is 3.67. The van der Waals surface area contributed by atoms with Crippen LogP contribution in [0.3, 0.4) is 0 Å². The van der Waals surface area contributed by atoms with Crippen molar-refractivity contribution in [2.75, 3.05) is 0 Å². The topological polar surface area (TPSA) is 69.9 Å². The van der Waals surface area contributed by atoms with E-state index in [9.17, 15) is 10.2 Å². The lowest BCUT2D eigenvalue weighted by atomic mass is 9.89. The van der Waals surface area contributed by atoms with Crippen molar-refractivity contribution in [3.05, 3.63) is 0 Å². The molecule has 4 nitrogen and oxygen atoms in total. The van der Waals surface area contributed by atoms with E-state index in [2.05, 4.69) is 0 Å². The molecule has 1 heterocycles. The van der Waals surface area contributed by atoms with Gasteiger partial charge in [-0.2, -0.15) is 0 Å². The molecule has 0 aliphatic carbocycles. The van der Waals surface area contributed by atoms with Crippen molar-refractivity contribution in [2.24, 2.45) is 0 Å². The molecule has 0 spiro atoms. The van der Waals surface area contributed by atoms with Gasteiger partial charge in [0.15, 0.2) is 6.29 Å². The van der Waals surface area contributed by atoms with Gasteiger partial charge in [0.25, 0.3) is 0 Å². The third-order valence-electron chi connectivity index (χ3n) is 2.04. The molecular weight excluding hydrogens is 148 g/mol. The highest BCUT2D eigenvalue weighted by molar-refractivity contribution is 4.90. The predicted molar refractivity (Wildman–Crippen MR) is 37.8 cm³/mol. The van der Waals surface area contributed by atoms with E-state index in [0.717, 1.165) is 0 Å². The largest absolute Gasteiger partial charge is 0.387 e. The van der Waals surface area contributed by atoms with Crippen LogP contribution in [0.5, 0.6) is 0 Å². The summed E-state index contributed by atoms with van der Waals surface area (Å²) in [4.78, 5) is 0.